The fourth-order valence-corrected chi connectivity index (χ4v) is 8.88. The molecule has 1 fully saturated rings. The van der Waals surface area contributed by atoms with E-state index in [2.05, 4.69) is 21.2 Å². The van der Waals surface area contributed by atoms with Gasteiger partial charge in [-0.2, -0.15) is 0 Å². The van der Waals surface area contributed by atoms with E-state index in [1.807, 2.05) is 48.5 Å². The predicted molar refractivity (Wildman–Crippen MR) is 187 cm³/mol. The molecule has 1 heterocycles. The number of rotatable bonds is 8. The molecule has 1 N–H and O–H groups in total. The van der Waals surface area contributed by atoms with Crippen molar-refractivity contribution in [3.8, 4) is 0 Å². The van der Waals surface area contributed by atoms with E-state index in [1.165, 1.54) is 24.3 Å². The van der Waals surface area contributed by atoms with Crippen molar-refractivity contribution < 1.29 is 28.7 Å². The first kappa shape index (κ1) is 33.2. The Morgan fingerprint density at radius 1 is 0.755 bits per heavy atom. The fraction of sp³-hybridized carbons (Fsp3) is 0.237. The topological polar surface area (TPSA) is 110 Å². The molecule has 1 saturated heterocycles. The number of likely N-dealkylation sites (tertiary alicyclic amines) is 1. The van der Waals surface area contributed by atoms with Crippen molar-refractivity contribution in [2.45, 2.75) is 29.6 Å². The number of anilines is 1. The van der Waals surface area contributed by atoms with Crippen molar-refractivity contribution in [1.29, 1.82) is 0 Å². The highest BCUT2D eigenvalue weighted by Crippen LogP contribution is 2.69. The molecule has 0 spiro atoms. The van der Waals surface area contributed by atoms with Gasteiger partial charge in [-0.25, -0.2) is 4.79 Å². The molecule has 3 aliphatic carbocycles. The smallest absolute Gasteiger partial charge is 0.338 e. The summed E-state index contributed by atoms with van der Waals surface area (Å²) >= 11 is 18.4. The maximum absolute atomic E-state index is 14.4. The van der Waals surface area contributed by atoms with Gasteiger partial charge in [0.1, 0.15) is 15.8 Å². The number of esters is 1. The summed E-state index contributed by atoms with van der Waals surface area (Å²) in [6.45, 7) is 3.08. The number of hydrogen-bond donors (Lipinski definition) is 1. The van der Waals surface area contributed by atoms with Crippen LogP contribution in [-0.2, 0) is 28.9 Å². The number of hydrogen-bond acceptors (Lipinski definition) is 6. The normalized spacial score (nSPS) is 23.8. The van der Waals surface area contributed by atoms with Gasteiger partial charge in [-0.05, 0) is 64.6 Å². The lowest BCUT2D eigenvalue weighted by atomic mass is 9.54. The largest absolute Gasteiger partial charge is 0.454 e. The minimum Gasteiger partial charge on any atom is -0.454 e. The Labute approximate surface area is 300 Å². The molecule has 4 aliphatic rings. The van der Waals surface area contributed by atoms with Crippen LogP contribution < -0.4 is 5.32 Å². The zero-order valence-electron chi connectivity index (χ0n) is 26.3. The van der Waals surface area contributed by atoms with Crippen LogP contribution in [-0.4, -0.2) is 47.0 Å². The minimum atomic E-state index is -1.36. The molecule has 2 bridgehead atoms. The average Bonchev–Trinajstić information content (AvgIpc) is 3.36. The van der Waals surface area contributed by atoms with Gasteiger partial charge in [-0.1, -0.05) is 90.4 Å². The summed E-state index contributed by atoms with van der Waals surface area (Å²) < 4.78 is 6.02. The Bertz CT molecular complexity index is 1930. The van der Waals surface area contributed by atoms with Crippen LogP contribution in [0.2, 0.25) is 0 Å². The summed E-state index contributed by atoms with van der Waals surface area (Å²) in [6.07, 6.45) is 0. The molecule has 4 aromatic carbocycles. The highest BCUT2D eigenvalue weighted by molar-refractivity contribution is 9.10. The summed E-state index contributed by atoms with van der Waals surface area (Å²) in [5.41, 5.74) is 3.62. The number of alkyl halides is 2. The molecule has 0 saturated carbocycles. The van der Waals surface area contributed by atoms with Gasteiger partial charge < -0.3 is 10.1 Å². The van der Waals surface area contributed by atoms with Gasteiger partial charge in [-0.3, -0.25) is 24.1 Å². The Hall–Kier alpha value is -4.31. The Balaban J connectivity index is 1.11. The van der Waals surface area contributed by atoms with E-state index in [4.69, 9.17) is 27.9 Å². The van der Waals surface area contributed by atoms with Gasteiger partial charge in [0.25, 0.3) is 0 Å². The van der Waals surface area contributed by atoms with Crippen molar-refractivity contribution in [3.63, 3.8) is 0 Å². The summed E-state index contributed by atoms with van der Waals surface area (Å²) in [4.78, 5) is 66.2. The molecule has 0 aromatic heterocycles. The maximum Gasteiger partial charge on any atom is 0.338 e. The lowest BCUT2D eigenvalue weighted by Gasteiger charge is -2.54. The first-order valence-electron chi connectivity index (χ1n) is 15.7. The monoisotopic (exact) mass is 758 g/mol. The number of nitrogens with zero attached hydrogens (tertiary/aromatic N) is 1. The van der Waals surface area contributed by atoms with E-state index < -0.39 is 63.8 Å². The standard InChI is InChI=1S/C38H29BrCl2N2O6/c1-20(2)32(33(45)42-24-17-13-22(14-18-24)36(48)49-19-29(44)21-11-15-23(39)16-12-21)43-34(46)30-31(35(43)47)38(41)26-8-4-3-7-25(26)37(30,40)27-9-5-6-10-28(27)38/h3-18,20,30-32H,19H2,1-2H3,(H,42,45)/t30-,31+,32-,37?,38?/m0/s1. The van der Waals surface area contributed by atoms with Gasteiger partial charge in [-0.15, -0.1) is 23.2 Å². The molecule has 248 valence electrons. The Morgan fingerprint density at radius 3 is 1.65 bits per heavy atom. The zero-order valence-corrected chi connectivity index (χ0v) is 29.4. The SMILES string of the molecule is CC(C)[C@@H](C(=O)Nc1ccc(C(=O)OCC(=O)c2ccc(Br)cc2)cc1)N1C(=O)[C@@H]2[C@H](C1=O)C1(Cl)c3ccccc3C2(Cl)c2ccccc21. The van der Waals surface area contributed by atoms with E-state index in [0.29, 0.717) is 33.5 Å². The molecule has 8 rings (SSSR count). The summed E-state index contributed by atoms with van der Waals surface area (Å²) in [5.74, 6) is -5.27. The van der Waals surface area contributed by atoms with Crippen LogP contribution in [0.4, 0.5) is 5.69 Å². The van der Waals surface area contributed by atoms with Gasteiger partial charge in [0, 0.05) is 15.7 Å². The minimum absolute atomic E-state index is 0.172. The van der Waals surface area contributed by atoms with Crippen molar-refractivity contribution in [1.82, 2.24) is 4.90 Å². The molecular formula is C38H29BrCl2N2O6. The first-order chi connectivity index (χ1) is 23.4. The van der Waals surface area contributed by atoms with Crippen molar-refractivity contribution in [2.24, 2.45) is 17.8 Å². The summed E-state index contributed by atoms with van der Waals surface area (Å²) in [5, 5.41) is 2.80. The quantitative estimate of drug-likeness (QED) is 0.0894. The van der Waals surface area contributed by atoms with Crippen LogP contribution in [0.3, 0.4) is 0 Å². The van der Waals surface area contributed by atoms with E-state index in [-0.39, 0.29) is 11.3 Å². The second-order valence-electron chi connectivity index (χ2n) is 12.8. The third-order valence-corrected chi connectivity index (χ3v) is 11.5. The number of ether oxygens (including phenoxy) is 1. The summed E-state index contributed by atoms with van der Waals surface area (Å²) in [7, 11) is 0. The van der Waals surface area contributed by atoms with E-state index in [0.717, 1.165) is 9.37 Å². The van der Waals surface area contributed by atoms with Crippen LogP contribution in [0.15, 0.2) is 102 Å². The van der Waals surface area contributed by atoms with Crippen LogP contribution in [0, 0.1) is 17.8 Å². The number of Topliss-reactive ketones (excluding diaryl/α,β-unsaturated/α-hetero) is 1. The van der Waals surface area contributed by atoms with Gasteiger partial charge >= 0.3 is 5.97 Å². The molecule has 8 nitrogen and oxygen atoms in total. The second kappa shape index (κ2) is 12.2. The number of ketones is 1. The van der Waals surface area contributed by atoms with Crippen molar-refractivity contribution in [2.75, 3.05) is 11.9 Å². The predicted octanol–water partition coefficient (Wildman–Crippen LogP) is 7.05. The molecule has 0 unspecified atom stereocenters. The van der Waals surface area contributed by atoms with Gasteiger partial charge in [0.05, 0.1) is 17.4 Å². The van der Waals surface area contributed by atoms with Gasteiger partial charge in [0.15, 0.2) is 12.4 Å². The second-order valence-corrected chi connectivity index (χ2v) is 14.9. The highest BCUT2D eigenvalue weighted by Gasteiger charge is 2.73. The molecule has 3 amide bonds. The molecule has 11 heteroatoms. The first-order valence-corrected chi connectivity index (χ1v) is 17.3. The number of imide groups is 1. The lowest BCUT2D eigenvalue weighted by Crippen LogP contribution is -2.57. The summed E-state index contributed by atoms with van der Waals surface area (Å²) in [6, 6.07) is 26.2. The average molecular weight is 760 g/mol. The number of amides is 3. The number of halogens is 3. The third kappa shape index (κ3) is 5.04. The van der Waals surface area contributed by atoms with Crippen LogP contribution >= 0.6 is 39.1 Å². The fourth-order valence-electron chi connectivity index (χ4n) is 7.52. The molecule has 1 aliphatic heterocycles. The molecule has 49 heavy (non-hydrogen) atoms. The Morgan fingerprint density at radius 2 is 1.20 bits per heavy atom. The molecule has 0 radical (unpaired) electrons. The maximum atomic E-state index is 14.4. The highest BCUT2D eigenvalue weighted by atomic mass is 79.9. The van der Waals surface area contributed by atoms with Gasteiger partial charge in [0.2, 0.25) is 17.7 Å². The third-order valence-electron chi connectivity index (χ3n) is 9.69. The van der Waals surface area contributed by atoms with Crippen LogP contribution in [0.1, 0.15) is 56.8 Å². The molecule has 4 aromatic rings. The van der Waals surface area contributed by atoms with E-state index >= 15 is 0 Å². The Kier molecular flexibility index (Phi) is 8.29. The van der Waals surface area contributed by atoms with Crippen LogP contribution in [0.5, 0.6) is 0 Å². The zero-order chi connectivity index (χ0) is 34.8. The lowest BCUT2D eigenvalue weighted by molar-refractivity contribution is -0.148. The number of carbonyl (C=O) groups excluding carboxylic acids is 5. The molecular weight excluding hydrogens is 731 g/mol. The number of carbonyl (C=O) groups is 5. The molecule has 3 atom stereocenters. The van der Waals surface area contributed by atoms with Crippen molar-refractivity contribution >= 4 is 74.3 Å². The van der Waals surface area contributed by atoms with Crippen LogP contribution in [0.25, 0.3) is 0 Å². The number of nitrogens with one attached hydrogen (secondary N) is 1. The number of benzene rings is 4. The van der Waals surface area contributed by atoms with Crippen molar-refractivity contribution in [3.05, 3.63) is 135 Å². The van der Waals surface area contributed by atoms with E-state index in [9.17, 15) is 24.0 Å². The van der Waals surface area contributed by atoms with E-state index in [1.54, 1.807) is 38.1 Å².